The Bertz CT molecular complexity index is 1120. The van der Waals surface area contributed by atoms with Crippen molar-refractivity contribution in [1.82, 2.24) is 0 Å². The van der Waals surface area contributed by atoms with Gasteiger partial charge in [-0.05, 0) is 19.3 Å². The summed E-state index contributed by atoms with van der Waals surface area (Å²) in [6.45, 7) is 6.73. The number of unbranched alkanes of at least 4 members (excludes halogenated alkanes) is 54. The third kappa shape index (κ3) is 63.1. The minimum absolute atomic E-state index is 0.0604. The minimum Gasteiger partial charge on any atom is -0.462 e. The number of carbonyl (C=O) groups is 3. The van der Waals surface area contributed by atoms with E-state index >= 15 is 0 Å². The zero-order valence-electron chi connectivity index (χ0n) is 51.4. The van der Waals surface area contributed by atoms with Gasteiger partial charge in [0.2, 0.25) is 0 Å². The highest BCUT2D eigenvalue weighted by Crippen LogP contribution is 2.19. The van der Waals surface area contributed by atoms with Crippen molar-refractivity contribution in [1.29, 1.82) is 0 Å². The van der Waals surface area contributed by atoms with Gasteiger partial charge in [0.15, 0.2) is 6.10 Å². The van der Waals surface area contributed by atoms with Crippen LogP contribution >= 0.6 is 0 Å². The summed E-state index contributed by atoms with van der Waals surface area (Å²) in [5.74, 6) is -0.823. The highest BCUT2D eigenvalue weighted by atomic mass is 16.6. The predicted molar refractivity (Wildman–Crippen MR) is 326 cm³/mol. The Balaban J connectivity index is 4.16. The lowest BCUT2D eigenvalue weighted by Crippen LogP contribution is -2.30. The molecule has 0 heterocycles. The third-order valence-electron chi connectivity index (χ3n) is 16.1. The fourth-order valence-corrected chi connectivity index (χ4v) is 10.9. The van der Waals surface area contributed by atoms with Crippen molar-refractivity contribution in [3.63, 3.8) is 0 Å². The summed E-state index contributed by atoms with van der Waals surface area (Å²) in [6, 6.07) is 0. The molecule has 0 N–H and O–H groups in total. The first-order valence-electron chi connectivity index (χ1n) is 34.5. The maximum atomic E-state index is 12.9. The Kier molecular flexibility index (Phi) is 63.6. The minimum atomic E-state index is -0.762. The van der Waals surface area contributed by atoms with Crippen molar-refractivity contribution in [2.24, 2.45) is 0 Å². The summed E-state index contributed by atoms with van der Waals surface area (Å²) in [4.78, 5) is 38.3. The Labute approximate surface area is 469 Å². The molecule has 0 radical (unpaired) electrons. The lowest BCUT2D eigenvalue weighted by Gasteiger charge is -2.18. The second-order valence-corrected chi connectivity index (χ2v) is 23.8. The number of hydrogen-bond acceptors (Lipinski definition) is 6. The van der Waals surface area contributed by atoms with E-state index in [1.807, 2.05) is 0 Å². The molecule has 0 amide bonds. The maximum absolute atomic E-state index is 12.9. The van der Waals surface area contributed by atoms with Crippen molar-refractivity contribution >= 4 is 17.9 Å². The van der Waals surface area contributed by atoms with Crippen LogP contribution in [0.3, 0.4) is 0 Å². The molecule has 0 bridgehead atoms. The monoisotopic (exact) mass is 1060 g/mol. The van der Waals surface area contributed by atoms with Crippen LogP contribution in [-0.4, -0.2) is 37.2 Å². The lowest BCUT2D eigenvalue weighted by atomic mass is 10.0. The first-order chi connectivity index (χ1) is 37.0. The molecule has 0 saturated carbocycles. The second kappa shape index (κ2) is 64.9. The fourth-order valence-electron chi connectivity index (χ4n) is 10.9. The Morgan fingerprint density at radius 2 is 0.360 bits per heavy atom. The predicted octanol–water partition coefficient (Wildman–Crippen LogP) is 23.5. The first-order valence-corrected chi connectivity index (χ1v) is 34.5. The van der Waals surface area contributed by atoms with Crippen molar-refractivity contribution in [3.8, 4) is 0 Å². The second-order valence-electron chi connectivity index (χ2n) is 23.8. The number of rotatable bonds is 65. The van der Waals surface area contributed by atoms with Crippen molar-refractivity contribution < 1.29 is 28.6 Å². The van der Waals surface area contributed by atoms with Crippen LogP contribution in [0.2, 0.25) is 0 Å². The summed E-state index contributed by atoms with van der Waals surface area (Å²) in [7, 11) is 0. The maximum Gasteiger partial charge on any atom is 0.306 e. The normalized spacial score (nSPS) is 11.9. The number of carbonyl (C=O) groups excluding carboxylic acids is 3. The number of esters is 3. The Morgan fingerprint density at radius 1 is 0.213 bits per heavy atom. The third-order valence-corrected chi connectivity index (χ3v) is 16.1. The molecule has 6 heteroatoms. The molecule has 1 unspecified atom stereocenters. The van der Waals surface area contributed by atoms with Gasteiger partial charge in [0, 0.05) is 19.3 Å². The van der Waals surface area contributed by atoms with E-state index in [2.05, 4.69) is 20.8 Å². The molecule has 1 atom stereocenters. The Morgan fingerprint density at radius 3 is 0.533 bits per heavy atom. The number of ether oxygens (including phenoxy) is 3. The molecule has 0 aromatic rings. The van der Waals surface area contributed by atoms with E-state index in [9.17, 15) is 14.4 Å². The van der Waals surface area contributed by atoms with Crippen LogP contribution in [0.15, 0.2) is 0 Å². The first kappa shape index (κ1) is 73.4. The van der Waals surface area contributed by atoms with Gasteiger partial charge >= 0.3 is 17.9 Å². The van der Waals surface area contributed by atoms with Gasteiger partial charge in [0.1, 0.15) is 13.2 Å². The molecular weight excluding hydrogens is 925 g/mol. The molecule has 446 valence electrons. The van der Waals surface area contributed by atoms with Crippen LogP contribution in [0.4, 0.5) is 0 Å². The quantitative estimate of drug-likeness (QED) is 0.0343. The Hall–Kier alpha value is -1.59. The average molecular weight is 1060 g/mol. The number of hydrogen-bond donors (Lipinski definition) is 0. The van der Waals surface area contributed by atoms with Crippen molar-refractivity contribution in [2.45, 2.75) is 412 Å². The average Bonchev–Trinajstić information content (AvgIpc) is 3.41. The van der Waals surface area contributed by atoms with E-state index in [0.29, 0.717) is 19.3 Å². The van der Waals surface area contributed by atoms with Crippen LogP contribution in [0.5, 0.6) is 0 Å². The molecule has 0 aliphatic rings. The van der Waals surface area contributed by atoms with E-state index in [0.717, 1.165) is 57.8 Å². The summed E-state index contributed by atoms with van der Waals surface area (Å²) >= 11 is 0. The SMILES string of the molecule is CCCCCCCCCCCCCCCCCCCCCCCCCCCCC(=O)OCC(COC(=O)CCCCCCCCCCCCCC)OC(=O)CCCCCCCCCCCCCCCCCCCCC. The van der Waals surface area contributed by atoms with Gasteiger partial charge in [-0.3, -0.25) is 14.4 Å². The van der Waals surface area contributed by atoms with Gasteiger partial charge < -0.3 is 14.2 Å². The molecular formula is C69H134O6. The lowest BCUT2D eigenvalue weighted by molar-refractivity contribution is -0.167. The smallest absolute Gasteiger partial charge is 0.306 e. The molecule has 0 rings (SSSR count). The van der Waals surface area contributed by atoms with Gasteiger partial charge in [-0.2, -0.15) is 0 Å². The molecule has 0 saturated heterocycles. The van der Waals surface area contributed by atoms with E-state index in [1.54, 1.807) is 0 Å². The van der Waals surface area contributed by atoms with Gasteiger partial charge in [-0.25, -0.2) is 0 Å². The zero-order valence-corrected chi connectivity index (χ0v) is 51.4. The van der Waals surface area contributed by atoms with E-state index in [-0.39, 0.29) is 31.1 Å². The van der Waals surface area contributed by atoms with Crippen LogP contribution < -0.4 is 0 Å². The highest BCUT2D eigenvalue weighted by Gasteiger charge is 2.19. The van der Waals surface area contributed by atoms with E-state index < -0.39 is 6.10 Å². The van der Waals surface area contributed by atoms with Gasteiger partial charge in [-0.1, -0.05) is 367 Å². The molecule has 0 fully saturated rings. The summed E-state index contributed by atoms with van der Waals surface area (Å²) in [5.41, 5.74) is 0. The molecule has 0 aromatic heterocycles. The van der Waals surface area contributed by atoms with Crippen LogP contribution in [0.1, 0.15) is 406 Å². The largest absolute Gasteiger partial charge is 0.462 e. The molecule has 6 nitrogen and oxygen atoms in total. The van der Waals surface area contributed by atoms with Crippen molar-refractivity contribution in [2.75, 3.05) is 13.2 Å². The highest BCUT2D eigenvalue weighted by molar-refractivity contribution is 5.71. The van der Waals surface area contributed by atoms with Gasteiger partial charge in [0.25, 0.3) is 0 Å². The zero-order chi connectivity index (χ0) is 54.3. The summed E-state index contributed by atoms with van der Waals surface area (Å²) in [6.07, 6.45) is 75.6. The molecule has 0 spiro atoms. The van der Waals surface area contributed by atoms with Crippen LogP contribution in [0.25, 0.3) is 0 Å². The van der Waals surface area contributed by atoms with Crippen molar-refractivity contribution in [3.05, 3.63) is 0 Å². The fraction of sp³-hybridized carbons (Fsp3) is 0.957. The van der Waals surface area contributed by atoms with E-state index in [4.69, 9.17) is 14.2 Å². The molecule has 0 aromatic carbocycles. The molecule has 0 aliphatic carbocycles. The standard InChI is InChI=1S/C69H134O6/c1-4-7-10-13-16-19-22-25-27-29-31-32-33-34-35-36-37-39-40-42-44-47-50-53-56-59-62-68(71)74-65-66(64-73-67(70)61-58-55-52-49-46-24-21-18-15-12-9-6-3)75-69(72)63-60-57-54-51-48-45-43-41-38-30-28-26-23-20-17-14-11-8-5-2/h66H,4-65H2,1-3H3. The van der Waals surface area contributed by atoms with Crippen LogP contribution in [0, 0.1) is 0 Å². The van der Waals surface area contributed by atoms with Gasteiger partial charge in [-0.15, -0.1) is 0 Å². The van der Waals surface area contributed by atoms with E-state index in [1.165, 1.54) is 308 Å². The topological polar surface area (TPSA) is 78.9 Å². The molecule has 75 heavy (non-hydrogen) atoms. The molecule has 0 aliphatic heterocycles. The summed E-state index contributed by atoms with van der Waals surface area (Å²) in [5, 5.41) is 0. The van der Waals surface area contributed by atoms with Gasteiger partial charge in [0.05, 0.1) is 0 Å². The van der Waals surface area contributed by atoms with Crippen LogP contribution in [-0.2, 0) is 28.6 Å². The summed E-state index contributed by atoms with van der Waals surface area (Å²) < 4.78 is 17.0.